The summed E-state index contributed by atoms with van der Waals surface area (Å²) >= 11 is 0. The summed E-state index contributed by atoms with van der Waals surface area (Å²) in [7, 11) is 3.61. The lowest BCUT2D eigenvalue weighted by Gasteiger charge is -2.19. The number of aryl methyl sites for hydroxylation is 2. The number of carbonyl (C=O) groups excluding carboxylic acids is 1. The first-order valence-electron chi connectivity index (χ1n) is 11.8. The fourth-order valence-electron chi connectivity index (χ4n) is 5.06. The van der Waals surface area contributed by atoms with Gasteiger partial charge in [-0.1, -0.05) is 53.6 Å². The average Bonchev–Trinajstić information content (AvgIpc) is 3.25. The van der Waals surface area contributed by atoms with E-state index in [1.807, 2.05) is 6.08 Å². The molecule has 1 fully saturated rings. The summed E-state index contributed by atoms with van der Waals surface area (Å²) in [5, 5.41) is 21.0. The van der Waals surface area contributed by atoms with Crippen LogP contribution in [0.3, 0.4) is 0 Å². The van der Waals surface area contributed by atoms with Crippen molar-refractivity contribution in [1.82, 2.24) is 4.90 Å². The SMILES string of the molecule is Cc1ccc(CC[C@H](O)/C=C/[C@@H]2[C@H]3CC(CCCCC(=O)N(C)C)=C[C@H]3C[C@H]2O)cc1. The lowest BCUT2D eigenvalue weighted by atomic mass is 9.88. The Balaban J connectivity index is 1.43. The molecule has 1 saturated carbocycles. The van der Waals surface area contributed by atoms with Gasteiger partial charge in [0.05, 0.1) is 12.2 Å². The lowest BCUT2D eigenvalue weighted by molar-refractivity contribution is -0.128. The van der Waals surface area contributed by atoms with Gasteiger partial charge in [0.1, 0.15) is 0 Å². The molecule has 0 heterocycles. The van der Waals surface area contributed by atoms with Crippen molar-refractivity contribution in [2.45, 2.75) is 70.5 Å². The van der Waals surface area contributed by atoms with E-state index in [-0.39, 0.29) is 17.9 Å². The van der Waals surface area contributed by atoms with Crippen LogP contribution in [0.1, 0.15) is 56.1 Å². The first-order valence-corrected chi connectivity index (χ1v) is 11.8. The second-order valence-corrected chi connectivity index (χ2v) is 9.71. The van der Waals surface area contributed by atoms with Gasteiger partial charge in [-0.3, -0.25) is 4.79 Å². The Morgan fingerprint density at radius 3 is 2.65 bits per heavy atom. The fourth-order valence-corrected chi connectivity index (χ4v) is 5.06. The van der Waals surface area contributed by atoms with E-state index in [9.17, 15) is 15.0 Å². The highest BCUT2D eigenvalue weighted by Crippen LogP contribution is 2.48. The van der Waals surface area contributed by atoms with Crippen LogP contribution >= 0.6 is 0 Å². The number of carbonyl (C=O) groups is 1. The molecule has 4 heteroatoms. The van der Waals surface area contributed by atoms with Gasteiger partial charge in [-0.05, 0) is 69.3 Å². The molecular formula is C27H39NO3. The predicted octanol–water partition coefficient (Wildman–Crippen LogP) is 4.44. The molecule has 1 aromatic carbocycles. The van der Waals surface area contributed by atoms with Gasteiger partial charge in [0.25, 0.3) is 0 Å². The smallest absolute Gasteiger partial charge is 0.222 e. The standard InChI is InChI=1S/C27H39NO3/c1-19-8-10-20(11-9-19)12-13-23(29)14-15-24-25-17-21(16-22(25)18-26(24)30)6-4-5-7-27(31)28(2)3/h8-11,14-16,22-26,29-30H,4-7,12-13,17-18H2,1-3H3/b15-14+/t22-,23-,24+,25-,26+/m0/s1. The zero-order chi connectivity index (χ0) is 22.4. The van der Waals surface area contributed by atoms with Gasteiger partial charge >= 0.3 is 0 Å². The summed E-state index contributed by atoms with van der Waals surface area (Å²) < 4.78 is 0. The number of hydrogen-bond acceptors (Lipinski definition) is 3. The van der Waals surface area contributed by atoms with Crippen LogP contribution in [0.2, 0.25) is 0 Å². The van der Waals surface area contributed by atoms with Gasteiger partial charge in [-0.15, -0.1) is 0 Å². The van der Waals surface area contributed by atoms with Gasteiger partial charge in [0, 0.05) is 26.4 Å². The number of amides is 1. The molecule has 3 rings (SSSR count). The van der Waals surface area contributed by atoms with E-state index < -0.39 is 6.10 Å². The van der Waals surface area contributed by atoms with E-state index in [0.29, 0.717) is 24.7 Å². The normalized spacial score (nSPS) is 26.2. The summed E-state index contributed by atoms with van der Waals surface area (Å²) in [6.07, 6.45) is 12.6. The molecule has 2 aliphatic rings. The van der Waals surface area contributed by atoms with Gasteiger partial charge < -0.3 is 15.1 Å². The third-order valence-corrected chi connectivity index (χ3v) is 6.99. The van der Waals surface area contributed by atoms with Crippen LogP contribution in [0.4, 0.5) is 0 Å². The van der Waals surface area contributed by atoms with Crippen molar-refractivity contribution in [3.63, 3.8) is 0 Å². The Labute approximate surface area is 187 Å². The minimum Gasteiger partial charge on any atom is -0.392 e. The van der Waals surface area contributed by atoms with E-state index in [2.05, 4.69) is 43.3 Å². The second kappa shape index (κ2) is 11.1. The minimum atomic E-state index is -0.476. The minimum absolute atomic E-state index is 0.128. The number of aliphatic hydroxyl groups excluding tert-OH is 2. The van der Waals surface area contributed by atoms with E-state index >= 15 is 0 Å². The molecule has 2 aliphatic carbocycles. The molecule has 5 atom stereocenters. The molecule has 0 radical (unpaired) electrons. The molecule has 0 unspecified atom stereocenters. The highest BCUT2D eigenvalue weighted by molar-refractivity contribution is 5.75. The maximum absolute atomic E-state index is 11.7. The number of nitrogens with zero attached hydrogens (tertiary/aromatic N) is 1. The van der Waals surface area contributed by atoms with Crippen LogP contribution in [-0.4, -0.2) is 47.3 Å². The van der Waals surface area contributed by atoms with E-state index in [1.54, 1.807) is 19.0 Å². The van der Waals surface area contributed by atoms with E-state index in [0.717, 1.165) is 38.5 Å². The van der Waals surface area contributed by atoms with Crippen molar-refractivity contribution in [2.24, 2.45) is 17.8 Å². The number of rotatable bonds is 10. The van der Waals surface area contributed by atoms with Crippen molar-refractivity contribution >= 4 is 5.91 Å². The maximum atomic E-state index is 11.7. The van der Waals surface area contributed by atoms with Crippen LogP contribution in [0, 0.1) is 24.7 Å². The number of unbranched alkanes of at least 4 members (excludes halogenated alkanes) is 1. The van der Waals surface area contributed by atoms with Crippen LogP contribution in [-0.2, 0) is 11.2 Å². The summed E-state index contributed by atoms with van der Waals surface area (Å²) in [5.74, 6) is 1.23. The molecule has 0 saturated heterocycles. The highest BCUT2D eigenvalue weighted by Gasteiger charge is 2.43. The monoisotopic (exact) mass is 425 g/mol. The molecule has 1 amide bonds. The van der Waals surface area contributed by atoms with E-state index in [1.165, 1.54) is 16.7 Å². The Morgan fingerprint density at radius 2 is 1.94 bits per heavy atom. The summed E-state index contributed by atoms with van der Waals surface area (Å²) in [4.78, 5) is 13.4. The van der Waals surface area contributed by atoms with Crippen LogP contribution in [0.15, 0.2) is 48.1 Å². The zero-order valence-corrected chi connectivity index (χ0v) is 19.3. The molecule has 1 aromatic rings. The third-order valence-electron chi connectivity index (χ3n) is 6.99. The Bertz CT molecular complexity index is 780. The van der Waals surface area contributed by atoms with Gasteiger partial charge in [-0.25, -0.2) is 0 Å². The van der Waals surface area contributed by atoms with Crippen molar-refractivity contribution in [2.75, 3.05) is 14.1 Å². The van der Waals surface area contributed by atoms with Crippen molar-refractivity contribution in [3.05, 3.63) is 59.2 Å². The van der Waals surface area contributed by atoms with E-state index in [4.69, 9.17) is 0 Å². The average molecular weight is 426 g/mol. The maximum Gasteiger partial charge on any atom is 0.222 e. The number of aliphatic hydroxyl groups is 2. The quantitative estimate of drug-likeness (QED) is 0.430. The summed E-state index contributed by atoms with van der Waals surface area (Å²) in [6, 6.07) is 8.47. The largest absolute Gasteiger partial charge is 0.392 e. The van der Waals surface area contributed by atoms with Gasteiger partial charge in [0.15, 0.2) is 0 Å². The molecule has 31 heavy (non-hydrogen) atoms. The number of allylic oxidation sites excluding steroid dienone is 2. The molecule has 0 aliphatic heterocycles. The highest BCUT2D eigenvalue weighted by atomic mass is 16.3. The van der Waals surface area contributed by atoms with Crippen LogP contribution < -0.4 is 0 Å². The Hall–Kier alpha value is -1.91. The molecular weight excluding hydrogens is 386 g/mol. The third kappa shape index (κ3) is 6.78. The molecule has 0 aromatic heterocycles. The molecule has 2 N–H and O–H groups in total. The second-order valence-electron chi connectivity index (χ2n) is 9.71. The Morgan fingerprint density at radius 1 is 1.19 bits per heavy atom. The van der Waals surface area contributed by atoms with Crippen molar-refractivity contribution in [3.8, 4) is 0 Å². The number of benzene rings is 1. The fraction of sp³-hybridized carbons (Fsp3) is 0.593. The Kier molecular flexibility index (Phi) is 8.50. The zero-order valence-electron chi connectivity index (χ0n) is 19.3. The lowest BCUT2D eigenvalue weighted by Crippen LogP contribution is -2.21. The van der Waals surface area contributed by atoms with Gasteiger partial charge in [-0.2, -0.15) is 0 Å². The first kappa shape index (κ1) is 23.7. The summed E-state index contributed by atoms with van der Waals surface area (Å²) in [6.45, 7) is 2.08. The molecule has 0 spiro atoms. The van der Waals surface area contributed by atoms with Crippen LogP contribution in [0.25, 0.3) is 0 Å². The topological polar surface area (TPSA) is 60.8 Å². The molecule has 4 nitrogen and oxygen atoms in total. The number of fused-ring (bicyclic) bond motifs is 1. The molecule has 170 valence electrons. The summed E-state index contributed by atoms with van der Waals surface area (Å²) in [5.41, 5.74) is 3.98. The van der Waals surface area contributed by atoms with Crippen molar-refractivity contribution in [1.29, 1.82) is 0 Å². The number of hydrogen-bond donors (Lipinski definition) is 2. The van der Waals surface area contributed by atoms with Gasteiger partial charge in [0.2, 0.25) is 5.91 Å². The molecule has 0 bridgehead atoms. The van der Waals surface area contributed by atoms with Crippen molar-refractivity contribution < 1.29 is 15.0 Å². The van der Waals surface area contributed by atoms with Crippen LogP contribution in [0.5, 0.6) is 0 Å². The first-order chi connectivity index (χ1) is 14.8. The predicted molar refractivity (Wildman–Crippen MR) is 126 cm³/mol.